The monoisotopic (exact) mass is 465 g/mol. The van der Waals surface area contributed by atoms with Crippen LogP contribution in [0.1, 0.15) is 24.2 Å². The Morgan fingerprint density at radius 1 is 1.10 bits per heavy atom. The van der Waals surface area contributed by atoms with Crippen LogP contribution in [-0.2, 0) is 16.0 Å². The Morgan fingerprint density at radius 2 is 1.74 bits per heavy atom. The molecule has 3 rings (SSSR count). The van der Waals surface area contributed by atoms with Gasteiger partial charge in [-0.3, -0.25) is 0 Å². The molecule has 11 heteroatoms. The predicted molar refractivity (Wildman–Crippen MR) is 98.0 cm³/mol. The van der Waals surface area contributed by atoms with E-state index < -0.39 is 23.8 Å². The van der Waals surface area contributed by atoms with Crippen molar-refractivity contribution in [3.8, 4) is 11.5 Å². The third-order valence-electron chi connectivity index (χ3n) is 4.49. The zero-order valence-corrected chi connectivity index (χ0v) is 22.1. The number of carboxylic acid groups (broad SMARTS) is 2. The number of aliphatic hydroxyl groups excluding tert-OH is 1. The second-order valence-electron chi connectivity index (χ2n) is 6.76. The second kappa shape index (κ2) is 11.9. The molecule has 2 atom stereocenters. The van der Waals surface area contributed by atoms with Gasteiger partial charge in [0.2, 0.25) is 0 Å². The molecule has 0 aliphatic carbocycles. The summed E-state index contributed by atoms with van der Waals surface area (Å²) in [7, 11) is 0. The number of aliphatic hydroxyl groups is 1. The van der Waals surface area contributed by atoms with Gasteiger partial charge in [-0.15, -0.1) is 0 Å². The molecule has 2 N–H and O–H groups in total. The fourth-order valence-electron chi connectivity index (χ4n) is 2.99. The third kappa shape index (κ3) is 6.60. The van der Waals surface area contributed by atoms with Gasteiger partial charge in [0.1, 0.15) is 11.9 Å². The van der Waals surface area contributed by atoms with Crippen molar-refractivity contribution in [1.82, 2.24) is 5.32 Å². The van der Waals surface area contributed by atoms with Crippen LogP contribution in [0.25, 0.3) is 0 Å². The molecule has 0 aromatic heterocycles. The molecule has 154 valence electrons. The largest absolute Gasteiger partial charge is 1.00 e. The smallest absolute Gasteiger partial charge is 0.542 e. The molecule has 1 aliphatic rings. The minimum Gasteiger partial charge on any atom is -0.542 e. The van der Waals surface area contributed by atoms with Crippen LogP contribution in [0.2, 0.25) is 5.02 Å². The molecule has 2 aromatic rings. The topological polar surface area (TPSA) is 131 Å². The number of hydrogen-bond donors (Lipinski definition) is 2. The summed E-state index contributed by atoms with van der Waals surface area (Å²) in [6, 6.07) is 11.5. The van der Waals surface area contributed by atoms with Gasteiger partial charge in [-0.05, 0) is 48.7 Å². The summed E-state index contributed by atoms with van der Waals surface area (Å²) in [4.78, 5) is 22.3. The molecule has 2 aromatic carbocycles. The molecule has 31 heavy (non-hydrogen) atoms. The predicted octanol–water partition coefficient (Wildman–Crippen LogP) is -6.43. The fourth-order valence-corrected chi connectivity index (χ4v) is 3.19. The van der Waals surface area contributed by atoms with Crippen LogP contribution in [0.3, 0.4) is 0 Å². The van der Waals surface area contributed by atoms with Crippen molar-refractivity contribution in [2.75, 3.05) is 6.54 Å². The van der Waals surface area contributed by atoms with E-state index in [0.29, 0.717) is 23.6 Å². The molecule has 1 unspecified atom stereocenters. The SMILES string of the molecule is CC(Cc1ccc2c(c1)OC(C(=O)[O-])(C(=O)[O-])O2)NC[C@H](O)c1cccc(Cl)c1.[Na+].[Na+]. The Hall–Kier alpha value is -0.810. The number of nitrogens with one attached hydrogen (secondary N) is 1. The van der Waals surface area contributed by atoms with Gasteiger partial charge in [0.05, 0.1) is 6.10 Å². The molecule has 1 heterocycles. The van der Waals surface area contributed by atoms with Gasteiger partial charge in [0, 0.05) is 17.6 Å². The number of halogens is 1. The van der Waals surface area contributed by atoms with Crippen LogP contribution in [0.4, 0.5) is 0 Å². The first kappa shape index (κ1) is 28.2. The summed E-state index contributed by atoms with van der Waals surface area (Å²) in [5, 5.41) is 36.3. The molecule has 0 amide bonds. The molecule has 0 saturated heterocycles. The van der Waals surface area contributed by atoms with E-state index >= 15 is 0 Å². The van der Waals surface area contributed by atoms with E-state index in [9.17, 15) is 24.9 Å². The molecule has 0 radical (unpaired) electrons. The quantitative estimate of drug-likeness (QED) is 0.291. The van der Waals surface area contributed by atoms with Crippen molar-refractivity contribution in [1.29, 1.82) is 0 Å². The Kier molecular flexibility index (Phi) is 10.8. The van der Waals surface area contributed by atoms with Gasteiger partial charge in [-0.1, -0.05) is 29.8 Å². The number of aliphatic carboxylic acids is 2. The molecule has 0 fully saturated rings. The van der Waals surface area contributed by atoms with E-state index in [1.807, 2.05) is 6.92 Å². The van der Waals surface area contributed by atoms with E-state index in [2.05, 4.69) is 5.32 Å². The van der Waals surface area contributed by atoms with Crippen molar-refractivity contribution >= 4 is 23.5 Å². The number of carboxylic acids is 2. The van der Waals surface area contributed by atoms with E-state index in [-0.39, 0.29) is 76.7 Å². The number of rotatable bonds is 8. The molecule has 0 bridgehead atoms. The van der Waals surface area contributed by atoms with E-state index in [1.165, 1.54) is 12.1 Å². The first-order chi connectivity index (χ1) is 13.7. The molecule has 1 aliphatic heterocycles. The molecule has 0 spiro atoms. The maximum Gasteiger partial charge on any atom is 1.00 e. The van der Waals surface area contributed by atoms with Crippen LogP contribution >= 0.6 is 11.6 Å². The number of carbonyl (C=O) groups is 2. The van der Waals surface area contributed by atoms with Crippen molar-refractivity contribution in [2.24, 2.45) is 0 Å². The van der Waals surface area contributed by atoms with Gasteiger partial charge in [0.25, 0.3) is 0 Å². The standard InChI is InChI=1S/C20H20ClNO7.2Na/c1-11(22-10-15(23)13-3-2-4-14(21)9-13)7-12-5-6-16-17(8-12)29-20(28-16,18(24)25)19(26)27;;/h2-6,8-9,11,15,22-23H,7,10H2,1H3,(H,24,25)(H,26,27);;/q;2*+1/p-2/t11?,15-;;/m0../s1. The zero-order chi connectivity index (χ0) is 21.2. The average molecular weight is 466 g/mol. The average Bonchev–Trinajstić information content (AvgIpc) is 3.06. The van der Waals surface area contributed by atoms with Crippen LogP contribution < -0.4 is 84.1 Å². The molecular weight excluding hydrogens is 448 g/mol. The maximum atomic E-state index is 11.2. The van der Waals surface area contributed by atoms with Gasteiger partial charge >= 0.3 is 64.9 Å². The van der Waals surface area contributed by atoms with Crippen LogP contribution in [-0.4, -0.2) is 35.4 Å². The van der Waals surface area contributed by atoms with Crippen LogP contribution in [0, 0.1) is 0 Å². The second-order valence-corrected chi connectivity index (χ2v) is 7.20. The van der Waals surface area contributed by atoms with Crippen LogP contribution in [0.5, 0.6) is 11.5 Å². The molecular formula is C20H18ClNNa2O7. The minimum absolute atomic E-state index is 0. The maximum absolute atomic E-state index is 11.2. The van der Waals surface area contributed by atoms with Gasteiger partial charge < -0.3 is 39.7 Å². The van der Waals surface area contributed by atoms with Crippen molar-refractivity contribution in [3.63, 3.8) is 0 Å². The number of benzene rings is 2. The molecule has 8 nitrogen and oxygen atoms in total. The summed E-state index contributed by atoms with van der Waals surface area (Å²) in [5.41, 5.74) is 1.44. The Labute approximate surface area is 228 Å². The first-order valence-corrected chi connectivity index (χ1v) is 9.20. The van der Waals surface area contributed by atoms with E-state index in [4.69, 9.17) is 21.1 Å². The number of carbonyl (C=O) groups excluding carboxylic acids is 2. The normalized spacial score (nSPS) is 15.2. The van der Waals surface area contributed by atoms with Gasteiger partial charge in [0.15, 0.2) is 11.5 Å². The summed E-state index contributed by atoms with van der Waals surface area (Å²) in [6.07, 6.45) is -0.234. The number of ether oxygens (including phenoxy) is 2. The fraction of sp³-hybridized carbons (Fsp3) is 0.300. The van der Waals surface area contributed by atoms with E-state index in [1.54, 1.807) is 30.3 Å². The summed E-state index contributed by atoms with van der Waals surface area (Å²) in [6.45, 7) is 2.20. The summed E-state index contributed by atoms with van der Waals surface area (Å²) < 4.78 is 9.90. The Morgan fingerprint density at radius 3 is 2.35 bits per heavy atom. The van der Waals surface area contributed by atoms with E-state index in [0.717, 1.165) is 5.56 Å². The Bertz CT molecular complexity index is 929. The minimum atomic E-state index is -2.99. The zero-order valence-electron chi connectivity index (χ0n) is 17.4. The van der Waals surface area contributed by atoms with Gasteiger partial charge in [-0.2, -0.15) is 0 Å². The third-order valence-corrected chi connectivity index (χ3v) is 4.72. The first-order valence-electron chi connectivity index (χ1n) is 8.82. The number of fused-ring (bicyclic) bond motifs is 1. The van der Waals surface area contributed by atoms with Crippen molar-refractivity contribution in [3.05, 3.63) is 58.6 Å². The van der Waals surface area contributed by atoms with Crippen LogP contribution in [0.15, 0.2) is 42.5 Å². The number of hydrogen-bond acceptors (Lipinski definition) is 8. The Balaban J connectivity index is 0.00000240. The van der Waals surface area contributed by atoms with Crippen molar-refractivity contribution in [2.45, 2.75) is 31.3 Å². The summed E-state index contributed by atoms with van der Waals surface area (Å²) in [5.74, 6) is -7.16. The van der Waals surface area contributed by atoms with Crippen molar-refractivity contribution < 1.29 is 93.5 Å². The molecule has 0 saturated carbocycles. The summed E-state index contributed by atoms with van der Waals surface area (Å²) >= 11 is 5.93. The van der Waals surface area contributed by atoms with Gasteiger partial charge in [-0.25, -0.2) is 0 Å².